The van der Waals surface area contributed by atoms with Crippen molar-refractivity contribution in [2.75, 3.05) is 33.3 Å². The molecule has 31 heavy (non-hydrogen) atoms. The third kappa shape index (κ3) is 6.71. The minimum Gasteiger partial charge on any atom is -0.497 e. The Labute approximate surface area is 186 Å². The van der Waals surface area contributed by atoms with Gasteiger partial charge in [0.25, 0.3) is 0 Å². The highest BCUT2D eigenvalue weighted by Gasteiger charge is 2.24. The maximum Gasteiger partial charge on any atom is 0.191 e. The molecule has 2 atom stereocenters. The number of methoxy groups -OCH3 is 1. The zero-order valence-electron chi connectivity index (χ0n) is 18.9. The van der Waals surface area contributed by atoms with Gasteiger partial charge in [-0.15, -0.1) is 0 Å². The van der Waals surface area contributed by atoms with Crippen molar-refractivity contribution >= 4 is 5.96 Å². The number of piperidine rings is 1. The molecule has 0 spiro atoms. The molecule has 1 aliphatic heterocycles. The number of aliphatic imine (C=N–C) groups is 1. The van der Waals surface area contributed by atoms with E-state index < -0.39 is 6.10 Å². The lowest BCUT2D eigenvalue weighted by Crippen LogP contribution is -2.49. The van der Waals surface area contributed by atoms with Gasteiger partial charge in [-0.05, 0) is 49.9 Å². The van der Waals surface area contributed by atoms with Crippen LogP contribution in [0.4, 0.5) is 0 Å². The smallest absolute Gasteiger partial charge is 0.191 e. The second-order valence-corrected chi connectivity index (χ2v) is 8.05. The van der Waals surface area contributed by atoms with E-state index in [4.69, 9.17) is 4.74 Å². The summed E-state index contributed by atoms with van der Waals surface area (Å²) in [6, 6.07) is 19.0. The largest absolute Gasteiger partial charge is 0.497 e. The van der Waals surface area contributed by atoms with Crippen molar-refractivity contribution in [3.63, 3.8) is 0 Å². The van der Waals surface area contributed by atoms with Gasteiger partial charge in [0.1, 0.15) is 5.75 Å². The number of ether oxygens (including phenoxy) is 1. The third-order valence-corrected chi connectivity index (χ3v) is 5.97. The Morgan fingerprint density at radius 2 is 1.77 bits per heavy atom. The van der Waals surface area contributed by atoms with Crippen LogP contribution in [0.15, 0.2) is 59.6 Å². The first-order chi connectivity index (χ1) is 15.1. The fourth-order valence-corrected chi connectivity index (χ4v) is 4.00. The number of guanidine groups is 1. The predicted molar refractivity (Wildman–Crippen MR) is 127 cm³/mol. The van der Waals surface area contributed by atoms with Gasteiger partial charge in [0, 0.05) is 31.7 Å². The molecule has 0 radical (unpaired) electrons. The predicted octanol–water partition coefficient (Wildman–Crippen LogP) is 3.51. The van der Waals surface area contributed by atoms with Crippen LogP contribution in [0.3, 0.4) is 0 Å². The van der Waals surface area contributed by atoms with Crippen molar-refractivity contribution in [2.24, 2.45) is 4.99 Å². The number of nitrogens with one attached hydrogen (secondary N) is 2. The van der Waals surface area contributed by atoms with Crippen LogP contribution in [0.1, 0.15) is 50.0 Å². The Balaban J connectivity index is 1.51. The highest BCUT2D eigenvalue weighted by molar-refractivity contribution is 5.80. The molecule has 6 heteroatoms. The second kappa shape index (κ2) is 11.7. The third-order valence-electron chi connectivity index (χ3n) is 5.97. The van der Waals surface area contributed by atoms with Crippen LogP contribution in [-0.2, 0) is 0 Å². The first-order valence-electron chi connectivity index (χ1n) is 11.3. The van der Waals surface area contributed by atoms with Crippen LogP contribution < -0.4 is 15.4 Å². The lowest BCUT2D eigenvalue weighted by molar-refractivity contribution is 0.158. The first kappa shape index (κ1) is 23.1. The molecule has 3 N–H and O–H groups in total. The Morgan fingerprint density at radius 3 is 2.39 bits per heavy atom. The van der Waals surface area contributed by atoms with E-state index in [2.05, 4.69) is 64.7 Å². The Morgan fingerprint density at radius 1 is 1.10 bits per heavy atom. The van der Waals surface area contributed by atoms with Crippen LogP contribution in [0.2, 0.25) is 0 Å². The van der Waals surface area contributed by atoms with Crippen molar-refractivity contribution in [1.29, 1.82) is 0 Å². The molecule has 1 saturated heterocycles. The van der Waals surface area contributed by atoms with E-state index in [1.165, 1.54) is 5.56 Å². The maximum atomic E-state index is 10.5. The molecule has 1 heterocycles. The molecule has 6 nitrogen and oxygen atoms in total. The molecule has 2 unspecified atom stereocenters. The Kier molecular flexibility index (Phi) is 8.74. The van der Waals surface area contributed by atoms with Crippen molar-refractivity contribution in [3.8, 4) is 5.75 Å². The second-order valence-electron chi connectivity index (χ2n) is 8.05. The molecular weight excluding hydrogens is 388 g/mol. The van der Waals surface area contributed by atoms with E-state index >= 15 is 0 Å². The molecule has 0 amide bonds. The van der Waals surface area contributed by atoms with Crippen LogP contribution >= 0.6 is 0 Å². The van der Waals surface area contributed by atoms with Gasteiger partial charge in [-0.1, -0.05) is 42.5 Å². The van der Waals surface area contributed by atoms with Gasteiger partial charge in [-0.2, -0.15) is 0 Å². The van der Waals surface area contributed by atoms with Gasteiger partial charge in [-0.25, -0.2) is 0 Å². The van der Waals surface area contributed by atoms with Gasteiger partial charge in [0.2, 0.25) is 0 Å². The van der Waals surface area contributed by atoms with Crippen molar-refractivity contribution in [1.82, 2.24) is 15.5 Å². The van der Waals surface area contributed by atoms with Crippen LogP contribution in [0, 0.1) is 0 Å². The van der Waals surface area contributed by atoms with Crippen molar-refractivity contribution in [3.05, 3.63) is 65.7 Å². The number of hydrogen-bond donors (Lipinski definition) is 3. The fraction of sp³-hybridized carbons (Fsp3) is 0.480. The SMILES string of the molecule is CCNC(=NCC(O)c1ccc(OC)cc1)NC1CCN(C(C)c2ccccc2)CC1. The van der Waals surface area contributed by atoms with Gasteiger partial charge in [-0.3, -0.25) is 9.89 Å². The number of aliphatic hydroxyl groups excluding tert-OH is 1. The molecular formula is C25H36N4O2. The number of nitrogens with zero attached hydrogens (tertiary/aromatic N) is 2. The summed E-state index contributed by atoms with van der Waals surface area (Å²) >= 11 is 0. The van der Waals surface area contributed by atoms with E-state index in [0.717, 1.165) is 49.7 Å². The zero-order valence-corrected chi connectivity index (χ0v) is 18.9. The average molecular weight is 425 g/mol. The standard InChI is InChI=1S/C25H36N4O2/c1-4-26-25(27-18-24(30)21-10-12-23(31-3)13-11-21)28-22-14-16-29(17-15-22)19(2)20-8-6-5-7-9-20/h5-13,19,22,24,30H,4,14-18H2,1-3H3,(H2,26,27,28). The summed E-state index contributed by atoms with van der Waals surface area (Å²) in [7, 11) is 1.64. The monoisotopic (exact) mass is 424 g/mol. The minimum absolute atomic E-state index is 0.311. The lowest BCUT2D eigenvalue weighted by Gasteiger charge is -2.37. The molecule has 0 bridgehead atoms. The van der Waals surface area contributed by atoms with E-state index in [-0.39, 0.29) is 0 Å². The summed E-state index contributed by atoms with van der Waals surface area (Å²) in [6.07, 6.45) is 1.50. The van der Waals surface area contributed by atoms with E-state index in [1.807, 2.05) is 24.3 Å². The molecule has 2 aromatic rings. The minimum atomic E-state index is -0.644. The van der Waals surface area contributed by atoms with Gasteiger partial charge in [0.05, 0.1) is 19.8 Å². The van der Waals surface area contributed by atoms with Crippen LogP contribution in [0.5, 0.6) is 5.75 Å². The quantitative estimate of drug-likeness (QED) is 0.447. The Bertz CT molecular complexity index is 802. The molecule has 168 valence electrons. The molecule has 2 aromatic carbocycles. The zero-order chi connectivity index (χ0) is 22.1. The number of aliphatic hydroxyl groups is 1. The van der Waals surface area contributed by atoms with E-state index in [1.54, 1.807) is 7.11 Å². The van der Waals surface area contributed by atoms with E-state index in [0.29, 0.717) is 18.6 Å². The van der Waals surface area contributed by atoms with E-state index in [9.17, 15) is 5.11 Å². The molecule has 1 fully saturated rings. The normalized spacial score (nSPS) is 17.7. The highest BCUT2D eigenvalue weighted by atomic mass is 16.5. The summed E-state index contributed by atoms with van der Waals surface area (Å²) in [5.74, 6) is 1.55. The maximum absolute atomic E-state index is 10.5. The summed E-state index contributed by atoms with van der Waals surface area (Å²) in [5, 5.41) is 17.4. The van der Waals surface area contributed by atoms with Gasteiger partial charge in [0.15, 0.2) is 5.96 Å². The number of likely N-dealkylation sites (tertiary alicyclic amines) is 1. The number of rotatable bonds is 8. The summed E-state index contributed by atoms with van der Waals surface area (Å²) < 4.78 is 5.18. The lowest BCUT2D eigenvalue weighted by atomic mass is 10.0. The summed E-state index contributed by atoms with van der Waals surface area (Å²) in [4.78, 5) is 7.17. The Hall–Kier alpha value is -2.57. The van der Waals surface area contributed by atoms with Crippen molar-refractivity contribution in [2.45, 2.75) is 44.9 Å². The average Bonchev–Trinajstić information content (AvgIpc) is 2.83. The van der Waals surface area contributed by atoms with Crippen molar-refractivity contribution < 1.29 is 9.84 Å². The summed E-state index contributed by atoms with van der Waals surface area (Å²) in [5.41, 5.74) is 2.21. The molecule has 0 aromatic heterocycles. The highest BCUT2D eigenvalue weighted by Crippen LogP contribution is 2.24. The van der Waals surface area contributed by atoms with Gasteiger partial charge < -0.3 is 20.5 Å². The number of benzene rings is 2. The summed E-state index contributed by atoms with van der Waals surface area (Å²) in [6.45, 7) is 7.56. The first-order valence-corrected chi connectivity index (χ1v) is 11.3. The molecule has 3 rings (SSSR count). The fourth-order valence-electron chi connectivity index (χ4n) is 4.00. The molecule has 0 aliphatic carbocycles. The van der Waals surface area contributed by atoms with Gasteiger partial charge >= 0.3 is 0 Å². The molecule has 0 saturated carbocycles. The van der Waals surface area contributed by atoms with Crippen LogP contribution in [0.25, 0.3) is 0 Å². The van der Waals surface area contributed by atoms with Crippen LogP contribution in [-0.4, -0.2) is 55.3 Å². The molecule has 1 aliphatic rings. The number of hydrogen-bond acceptors (Lipinski definition) is 4. The topological polar surface area (TPSA) is 69.1 Å².